The molecule has 1 aromatic rings. The predicted octanol–water partition coefficient (Wildman–Crippen LogP) is 2.08. The van der Waals surface area contributed by atoms with Crippen molar-refractivity contribution < 1.29 is 14.3 Å². The number of ether oxygens (including phenoxy) is 1. The minimum atomic E-state index is -0.204. The molecule has 0 unspecified atom stereocenters. The molecule has 3 heteroatoms. The van der Waals surface area contributed by atoms with Crippen LogP contribution in [0.1, 0.15) is 27.9 Å². The highest BCUT2D eigenvalue weighted by molar-refractivity contribution is 6.04. The summed E-state index contributed by atoms with van der Waals surface area (Å²) in [6.45, 7) is 3.87. The van der Waals surface area contributed by atoms with E-state index in [1.165, 1.54) is 7.11 Å². The largest absolute Gasteiger partial charge is 0.496 e. The molecule has 1 rings (SSSR count). The number of carbonyl (C=O) groups excluding carboxylic acids is 2. The number of hydrogen-bond acceptors (Lipinski definition) is 3. The van der Waals surface area contributed by atoms with Crippen LogP contribution in [0.25, 0.3) is 0 Å². The molecule has 3 nitrogen and oxygen atoms in total. The highest BCUT2D eigenvalue weighted by Crippen LogP contribution is 2.23. The lowest BCUT2D eigenvalue weighted by atomic mass is 10.0. The lowest BCUT2D eigenvalue weighted by molar-refractivity contribution is -0.107. The van der Waals surface area contributed by atoms with Gasteiger partial charge < -0.3 is 9.53 Å². The number of benzene rings is 1. The van der Waals surface area contributed by atoms with Crippen LogP contribution < -0.4 is 4.74 Å². The maximum atomic E-state index is 11.6. The molecule has 0 bridgehead atoms. The maximum absolute atomic E-state index is 11.6. The molecule has 15 heavy (non-hydrogen) atoms. The van der Waals surface area contributed by atoms with Crippen molar-refractivity contribution in [3.05, 3.63) is 28.8 Å². The van der Waals surface area contributed by atoms with Crippen LogP contribution in [0.3, 0.4) is 0 Å². The standard InChI is InChI=1S/C12H14O3/c1-8-6-10(11(14)4-5-13)12(15-3)7-9(8)2/h5-7H,4H2,1-3H3. The molecular weight excluding hydrogens is 192 g/mol. The summed E-state index contributed by atoms with van der Waals surface area (Å²) < 4.78 is 5.11. The fourth-order valence-corrected chi connectivity index (χ4v) is 1.36. The highest BCUT2D eigenvalue weighted by Gasteiger charge is 2.13. The Morgan fingerprint density at radius 3 is 2.47 bits per heavy atom. The molecule has 0 aliphatic rings. The summed E-state index contributed by atoms with van der Waals surface area (Å²) in [6.07, 6.45) is 0.510. The van der Waals surface area contributed by atoms with E-state index < -0.39 is 0 Å². The molecule has 0 radical (unpaired) electrons. The summed E-state index contributed by atoms with van der Waals surface area (Å²) in [5.41, 5.74) is 2.56. The third kappa shape index (κ3) is 2.43. The molecule has 0 fully saturated rings. The zero-order chi connectivity index (χ0) is 11.4. The molecule has 0 heterocycles. The Kier molecular flexibility index (Phi) is 3.61. The van der Waals surface area contributed by atoms with Crippen LogP contribution in [0.4, 0.5) is 0 Å². The Balaban J connectivity index is 3.20. The smallest absolute Gasteiger partial charge is 0.173 e. The first-order valence-corrected chi connectivity index (χ1v) is 4.72. The van der Waals surface area contributed by atoms with E-state index in [1.807, 2.05) is 19.9 Å². The molecule has 0 aliphatic heterocycles. The summed E-state index contributed by atoms with van der Waals surface area (Å²) in [5.74, 6) is 0.329. The first-order chi connectivity index (χ1) is 7.10. The molecule has 0 saturated heterocycles. The normalized spacial score (nSPS) is 9.80. The molecule has 0 aromatic heterocycles. The Bertz CT molecular complexity index is 394. The summed E-state index contributed by atoms with van der Waals surface area (Å²) in [7, 11) is 1.52. The van der Waals surface area contributed by atoms with Crippen molar-refractivity contribution in [1.29, 1.82) is 0 Å². The summed E-state index contributed by atoms with van der Waals surface area (Å²) in [5, 5.41) is 0. The van der Waals surface area contributed by atoms with Crippen molar-refractivity contribution in [2.45, 2.75) is 20.3 Å². The molecule has 0 amide bonds. The van der Waals surface area contributed by atoms with Gasteiger partial charge in [-0.1, -0.05) is 0 Å². The van der Waals surface area contributed by atoms with Gasteiger partial charge in [-0.15, -0.1) is 0 Å². The van der Waals surface area contributed by atoms with E-state index >= 15 is 0 Å². The lowest BCUT2D eigenvalue weighted by Crippen LogP contribution is -2.04. The van der Waals surface area contributed by atoms with E-state index in [2.05, 4.69) is 0 Å². The zero-order valence-electron chi connectivity index (χ0n) is 9.16. The van der Waals surface area contributed by atoms with E-state index in [1.54, 1.807) is 6.07 Å². The number of hydrogen-bond donors (Lipinski definition) is 0. The van der Waals surface area contributed by atoms with Gasteiger partial charge in [0.15, 0.2) is 5.78 Å². The number of rotatable bonds is 4. The molecule has 0 aliphatic carbocycles. The number of aryl methyl sites for hydroxylation is 2. The minimum Gasteiger partial charge on any atom is -0.496 e. The maximum Gasteiger partial charge on any atom is 0.173 e. The van der Waals surface area contributed by atoms with Crippen molar-refractivity contribution in [2.24, 2.45) is 0 Å². The topological polar surface area (TPSA) is 43.4 Å². The summed E-state index contributed by atoms with van der Waals surface area (Å²) in [6, 6.07) is 3.58. The van der Waals surface area contributed by atoms with Gasteiger partial charge in [0.1, 0.15) is 12.0 Å². The number of carbonyl (C=O) groups is 2. The highest BCUT2D eigenvalue weighted by atomic mass is 16.5. The molecule has 1 aromatic carbocycles. The van der Waals surface area contributed by atoms with E-state index in [-0.39, 0.29) is 12.2 Å². The average Bonchev–Trinajstić information content (AvgIpc) is 2.21. The molecule has 0 saturated carbocycles. The van der Waals surface area contributed by atoms with Crippen LogP contribution in [-0.2, 0) is 4.79 Å². The van der Waals surface area contributed by atoms with Gasteiger partial charge in [-0.3, -0.25) is 4.79 Å². The fraction of sp³-hybridized carbons (Fsp3) is 0.333. The summed E-state index contributed by atoms with van der Waals surface area (Å²) in [4.78, 5) is 21.9. The van der Waals surface area contributed by atoms with Crippen LogP contribution in [0.15, 0.2) is 12.1 Å². The second-order valence-electron chi connectivity index (χ2n) is 3.43. The average molecular weight is 206 g/mol. The fourth-order valence-electron chi connectivity index (χ4n) is 1.36. The van der Waals surface area contributed by atoms with Gasteiger partial charge >= 0.3 is 0 Å². The van der Waals surface area contributed by atoms with Crippen LogP contribution in [-0.4, -0.2) is 19.2 Å². The van der Waals surface area contributed by atoms with Crippen LogP contribution in [0.2, 0.25) is 0 Å². The number of ketones is 1. The van der Waals surface area contributed by atoms with Crippen LogP contribution in [0, 0.1) is 13.8 Å². The quantitative estimate of drug-likeness (QED) is 0.430. The Morgan fingerprint density at radius 2 is 1.93 bits per heavy atom. The van der Waals surface area contributed by atoms with Crippen molar-refractivity contribution in [1.82, 2.24) is 0 Å². The Labute approximate surface area is 89.1 Å². The molecule has 0 spiro atoms. The van der Waals surface area contributed by atoms with Gasteiger partial charge in [0.05, 0.1) is 19.1 Å². The van der Waals surface area contributed by atoms with E-state index in [4.69, 9.17) is 4.74 Å². The predicted molar refractivity (Wildman–Crippen MR) is 57.5 cm³/mol. The second kappa shape index (κ2) is 4.73. The Hall–Kier alpha value is -1.64. The SMILES string of the molecule is COc1cc(C)c(C)cc1C(=O)CC=O. The molecular formula is C12H14O3. The number of methoxy groups -OCH3 is 1. The van der Waals surface area contributed by atoms with Gasteiger partial charge in [0.25, 0.3) is 0 Å². The van der Waals surface area contributed by atoms with Gasteiger partial charge in [-0.25, -0.2) is 0 Å². The van der Waals surface area contributed by atoms with Crippen LogP contribution >= 0.6 is 0 Å². The van der Waals surface area contributed by atoms with E-state index in [9.17, 15) is 9.59 Å². The van der Waals surface area contributed by atoms with Gasteiger partial charge in [-0.2, -0.15) is 0 Å². The monoisotopic (exact) mass is 206 g/mol. The van der Waals surface area contributed by atoms with Gasteiger partial charge in [0.2, 0.25) is 0 Å². The first-order valence-electron chi connectivity index (χ1n) is 4.72. The Morgan fingerprint density at radius 1 is 1.33 bits per heavy atom. The third-order valence-corrected chi connectivity index (χ3v) is 2.38. The molecule has 0 atom stereocenters. The summed E-state index contributed by atoms with van der Waals surface area (Å²) >= 11 is 0. The van der Waals surface area contributed by atoms with Crippen molar-refractivity contribution in [3.8, 4) is 5.75 Å². The van der Waals surface area contributed by atoms with Crippen molar-refractivity contribution in [2.75, 3.05) is 7.11 Å². The second-order valence-corrected chi connectivity index (χ2v) is 3.43. The molecule has 0 N–H and O–H groups in total. The van der Waals surface area contributed by atoms with Crippen LogP contribution in [0.5, 0.6) is 5.75 Å². The first kappa shape index (κ1) is 11.4. The minimum absolute atomic E-state index is 0.0984. The molecule has 80 valence electrons. The van der Waals surface area contributed by atoms with E-state index in [0.717, 1.165) is 11.1 Å². The lowest BCUT2D eigenvalue weighted by Gasteiger charge is -2.09. The van der Waals surface area contributed by atoms with Crippen molar-refractivity contribution >= 4 is 12.1 Å². The van der Waals surface area contributed by atoms with Gasteiger partial charge in [-0.05, 0) is 37.1 Å². The van der Waals surface area contributed by atoms with E-state index in [0.29, 0.717) is 17.6 Å². The number of aldehydes is 1. The number of Topliss-reactive ketones (excluding diaryl/α,β-unsaturated/α-hetero) is 1. The zero-order valence-corrected chi connectivity index (χ0v) is 9.16. The van der Waals surface area contributed by atoms with Crippen molar-refractivity contribution in [3.63, 3.8) is 0 Å². The van der Waals surface area contributed by atoms with Gasteiger partial charge in [0, 0.05) is 0 Å². The third-order valence-electron chi connectivity index (χ3n) is 2.38.